The lowest BCUT2D eigenvalue weighted by molar-refractivity contribution is 0.0723. The lowest BCUT2D eigenvalue weighted by Gasteiger charge is -2.23. The predicted octanol–water partition coefficient (Wildman–Crippen LogP) is 4.83. The van der Waals surface area contributed by atoms with Crippen molar-refractivity contribution >= 4 is 28.4 Å². The molecule has 0 fully saturated rings. The van der Waals surface area contributed by atoms with Crippen molar-refractivity contribution in [1.29, 1.82) is 0 Å². The van der Waals surface area contributed by atoms with Crippen molar-refractivity contribution in [3.63, 3.8) is 0 Å². The maximum absolute atomic E-state index is 13.1. The second-order valence-electron chi connectivity index (χ2n) is 6.87. The highest BCUT2D eigenvalue weighted by molar-refractivity contribution is 6.30. The number of aryl methyl sites for hydroxylation is 1. The quantitative estimate of drug-likeness (QED) is 0.448. The zero-order valence-corrected chi connectivity index (χ0v) is 16.7. The molecule has 2 aromatic carbocycles. The first-order chi connectivity index (χ1) is 14.1. The summed E-state index contributed by atoms with van der Waals surface area (Å²) in [4.78, 5) is 27.5. The van der Waals surface area contributed by atoms with Gasteiger partial charge in [-0.3, -0.25) is 9.78 Å². The van der Waals surface area contributed by atoms with E-state index in [1.165, 1.54) is 12.4 Å². The number of nitrogens with zero attached hydrogens (tertiary/aromatic N) is 4. The van der Waals surface area contributed by atoms with E-state index in [-0.39, 0.29) is 5.91 Å². The highest BCUT2D eigenvalue weighted by atomic mass is 35.5. The summed E-state index contributed by atoms with van der Waals surface area (Å²) in [6.45, 7) is 2.78. The van der Waals surface area contributed by atoms with Crippen molar-refractivity contribution in [3.8, 4) is 0 Å². The molecular weight excluding hydrogens is 384 g/mol. The van der Waals surface area contributed by atoms with Gasteiger partial charge in [0.25, 0.3) is 5.91 Å². The maximum atomic E-state index is 13.1. The van der Waals surface area contributed by atoms with Crippen LogP contribution in [0.15, 0.2) is 73.2 Å². The molecule has 4 rings (SSSR count). The van der Waals surface area contributed by atoms with E-state index in [9.17, 15) is 4.79 Å². The van der Waals surface area contributed by atoms with Gasteiger partial charge in [0.05, 0.1) is 11.7 Å². The average Bonchev–Trinajstić information content (AvgIpc) is 2.75. The Kier molecular flexibility index (Phi) is 5.49. The Hall–Kier alpha value is -3.31. The molecule has 5 nitrogen and oxygen atoms in total. The van der Waals surface area contributed by atoms with E-state index in [0.29, 0.717) is 23.9 Å². The Morgan fingerprint density at radius 2 is 1.86 bits per heavy atom. The summed E-state index contributed by atoms with van der Waals surface area (Å²) in [7, 11) is 0. The summed E-state index contributed by atoms with van der Waals surface area (Å²) in [5.41, 5.74) is 4.08. The van der Waals surface area contributed by atoms with Crippen LogP contribution in [0.1, 0.15) is 27.2 Å². The largest absolute Gasteiger partial charge is 0.328 e. The number of amides is 1. The second kappa shape index (κ2) is 8.37. The van der Waals surface area contributed by atoms with Gasteiger partial charge in [0.15, 0.2) is 0 Å². The fourth-order valence-corrected chi connectivity index (χ4v) is 3.41. The molecule has 29 heavy (non-hydrogen) atoms. The Balaban J connectivity index is 1.70. The highest BCUT2D eigenvalue weighted by Gasteiger charge is 2.20. The third-order valence-electron chi connectivity index (χ3n) is 4.64. The minimum Gasteiger partial charge on any atom is -0.328 e. The summed E-state index contributed by atoms with van der Waals surface area (Å²) in [5, 5.41) is 1.39. The third-order valence-corrected chi connectivity index (χ3v) is 4.97. The molecule has 0 radical (unpaired) electrons. The van der Waals surface area contributed by atoms with E-state index in [2.05, 4.69) is 21.0 Å². The Morgan fingerprint density at radius 1 is 1.03 bits per heavy atom. The van der Waals surface area contributed by atoms with E-state index in [4.69, 9.17) is 11.6 Å². The van der Waals surface area contributed by atoms with Gasteiger partial charge in [-0.1, -0.05) is 53.6 Å². The van der Waals surface area contributed by atoms with Gasteiger partial charge in [0.1, 0.15) is 10.8 Å². The molecule has 0 spiro atoms. The molecule has 1 amide bonds. The summed E-state index contributed by atoms with van der Waals surface area (Å²) in [5.74, 6) is -0.206. The molecule has 0 aliphatic heterocycles. The van der Waals surface area contributed by atoms with Crippen LogP contribution in [0.25, 0.3) is 10.9 Å². The number of hydrogen-bond acceptors (Lipinski definition) is 4. The van der Waals surface area contributed by atoms with Crippen LogP contribution in [0.4, 0.5) is 0 Å². The van der Waals surface area contributed by atoms with Crippen LogP contribution in [0.5, 0.6) is 0 Å². The number of fused-ring (bicyclic) bond motifs is 1. The van der Waals surface area contributed by atoms with Crippen molar-refractivity contribution in [1.82, 2.24) is 19.9 Å². The van der Waals surface area contributed by atoms with Crippen LogP contribution < -0.4 is 0 Å². The Bertz CT molecular complexity index is 1150. The van der Waals surface area contributed by atoms with Crippen LogP contribution in [0.2, 0.25) is 5.15 Å². The van der Waals surface area contributed by atoms with E-state index in [1.807, 2.05) is 55.5 Å². The van der Waals surface area contributed by atoms with Crippen LogP contribution in [-0.4, -0.2) is 25.8 Å². The predicted molar refractivity (Wildman–Crippen MR) is 114 cm³/mol. The number of hydrogen-bond donors (Lipinski definition) is 0. The van der Waals surface area contributed by atoms with Gasteiger partial charge in [0.2, 0.25) is 0 Å². The summed E-state index contributed by atoms with van der Waals surface area (Å²) in [6.07, 6.45) is 4.54. The van der Waals surface area contributed by atoms with Crippen molar-refractivity contribution in [3.05, 3.63) is 101 Å². The van der Waals surface area contributed by atoms with Gasteiger partial charge < -0.3 is 4.90 Å². The van der Waals surface area contributed by atoms with Gasteiger partial charge >= 0.3 is 0 Å². The van der Waals surface area contributed by atoms with E-state index in [1.54, 1.807) is 11.1 Å². The highest BCUT2D eigenvalue weighted by Crippen LogP contribution is 2.24. The van der Waals surface area contributed by atoms with E-state index in [0.717, 1.165) is 27.6 Å². The van der Waals surface area contributed by atoms with Crippen molar-refractivity contribution in [2.75, 3.05) is 0 Å². The minimum absolute atomic E-state index is 0.206. The molecule has 0 bridgehead atoms. The molecule has 0 unspecified atom stereocenters. The molecule has 0 saturated carbocycles. The van der Waals surface area contributed by atoms with Crippen molar-refractivity contribution in [2.24, 2.45) is 0 Å². The zero-order valence-electron chi connectivity index (χ0n) is 15.9. The lowest BCUT2D eigenvalue weighted by atomic mass is 10.1. The topological polar surface area (TPSA) is 59.0 Å². The third kappa shape index (κ3) is 4.41. The smallest absolute Gasteiger partial charge is 0.274 e. The Morgan fingerprint density at radius 3 is 2.62 bits per heavy atom. The molecule has 0 aliphatic carbocycles. The average molecular weight is 403 g/mol. The SMILES string of the molecule is Cc1ccc2nc(Cl)c(CN(Cc3ccccc3)C(=O)c3cnccn3)cc2c1. The number of pyridine rings is 1. The first kappa shape index (κ1) is 19.0. The van der Waals surface area contributed by atoms with Crippen LogP contribution in [0.3, 0.4) is 0 Å². The van der Waals surface area contributed by atoms with Crippen LogP contribution >= 0.6 is 11.6 Å². The number of benzene rings is 2. The minimum atomic E-state index is -0.206. The van der Waals surface area contributed by atoms with Gasteiger partial charge in [-0.15, -0.1) is 0 Å². The molecule has 0 aliphatic rings. The lowest BCUT2D eigenvalue weighted by Crippen LogP contribution is -2.31. The van der Waals surface area contributed by atoms with E-state index < -0.39 is 0 Å². The van der Waals surface area contributed by atoms with Crippen LogP contribution in [-0.2, 0) is 13.1 Å². The number of carbonyl (C=O) groups is 1. The molecule has 4 aromatic rings. The van der Waals surface area contributed by atoms with E-state index >= 15 is 0 Å². The van der Waals surface area contributed by atoms with Gasteiger partial charge in [0, 0.05) is 36.4 Å². The molecular formula is C23H19ClN4O. The molecule has 144 valence electrons. The fraction of sp³-hybridized carbons (Fsp3) is 0.130. The molecule has 2 aromatic heterocycles. The number of halogens is 1. The van der Waals surface area contributed by atoms with Crippen molar-refractivity contribution < 1.29 is 4.79 Å². The van der Waals surface area contributed by atoms with Crippen LogP contribution in [0, 0.1) is 6.92 Å². The standard InChI is InChI=1S/C23H19ClN4O/c1-16-7-8-20-18(11-16)12-19(22(24)27-20)15-28(14-17-5-3-2-4-6-17)23(29)21-13-25-9-10-26-21/h2-13H,14-15H2,1H3. The van der Waals surface area contributed by atoms with Gasteiger partial charge in [-0.05, 0) is 30.7 Å². The molecule has 6 heteroatoms. The first-order valence-corrected chi connectivity index (χ1v) is 9.63. The molecule has 2 heterocycles. The summed E-state index contributed by atoms with van der Waals surface area (Å²) in [6, 6.07) is 17.8. The van der Waals surface area contributed by atoms with Gasteiger partial charge in [-0.2, -0.15) is 0 Å². The van der Waals surface area contributed by atoms with Gasteiger partial charge in [-0.25, -0.2) is 9.97 Å². The normalized spacial score (nSPS) is 10.8. The monoisotopic (exact) mass is 402 g/mol. The summed E-state index contributed by atoms with van der Waals surface area (Å²) >= 11 is 6.46. The first-order valence-electron chi connectivity index (χ1n) is 9.25. The number of rotatable bonds is 5. The molecule has 0 saturated heterocycles. The number of carbonyl (C=O) groups excluding carboxylic acids is 1. The van der Waals surface area contributed by atoms with Crippen molar-refractivity contribution in [2.45, 2.75) is 20.0 Å². The fourth-order valence-electron chi connectivity index (χ4n) is 3.21. The zero-order chi connectivity index (χ0) is 20.2. The number of aromatic nitrogens is 3. The molecule has 0 N–H and O–H groups in total. The summed E-state index contributed by atoms with van der Waals surface area (Å²) < 4.78 is 0. The maximum Gasteiger partial charge on any atom is 0.274 e. The second-order valence-corrected chi connectivity index (χ2v) is 7.23. The molecule has 0 atom stereocenters. The Labute approximate surface area is 174 Å².